The fourth-order valence-electron chi connectivity index (χ4n) is 2.69. The van der Waals surface area contributed by atoms with Crippen molar-refractivity contribution in [1.29, 1.82) is 0 Å². The number of nitrogens with two attached hydrogens (primary N) is 1. The predicted molar refractivity (Wildman–Crippen MR) is 94.8 cm³/mol. The van der Waals surface area contributed by atoms with Crippen LogP contribution in [0.15, 0.2) is 17.0 Å². The summed E-state index contributed by atoms with van der Waals surface area (Å²) in [5.74, 6) is -2.62. The summed E-state index contributed by atoms with van der Waals surface area (Å²) in [6.07, 6.45) is -1.44. The van der Waals surface area contributed by atoms with Gasteiger partial charge in [0.25, 0.3) is 0 Å². The summed E-state index contributed by atoms with van der Waals surface area (Å²) < 4.78 is 50.3. The summed E-state index contributed by atoms with van der Waals surface area (Å²) >= 11 is 11.7. The van der Waals surface area contributed by atoms with Crippen LogP contribution in [0.4, 0.5) is 0 Å². The van der Waals surface area contributed by atoms with Crippen molar-refractivity contribution in [3.05, 3.63) is 27.7 Å². The van der Waals surface area contributed by atoms with E-state index < -0.39 is 59.9 Å². The number of aliphatic hydroxyl groups is 1. The number of nitrogens with zero attached hydrogens (tertiary/aromatic N) is 1. The van der Waals surface area contributed by atoms with Crippen LogP contribution in [0.25, 0.3) is 0 Å². The number of carbonyl (C=O) groups is 1. The summed E-state index contributed by atoms with van der Waals surface area (Å²) in [6.45, 7) is -0.444. The van der Waals surface area contributed by atoms with Crippen LogP contribution in [0.2, 0.25) is 10.0 Å². The van der Waals surface area contributed by atoms with Gasteiger partial charge in [0.2, 0.25) is 10.0 Å². The Hall–Kier alpha value is -0.950. The first-order valence-electron chi connectivity index (χ1n) is 7.23. The SMILES string of the molecule is NCCN(C1CS(=O)(=O)CC1O)S(=O)(=O)c1cc(C(=O)O)c(Cl)cc1Cl. The Labute approximate surface area is 160 Å². The minimum absolute atomic E-state index is 0.153. The number of hydrogen-bond donors (Lipinski definition) is 3. The molecule has 9 nitrogen and oxygen atoms in total. The van der Waals surface area contributed by atoms with E-state index >= 15 is 0 Å². The lowest BCUT2D eigenvalue weighted by Gasteiger charge is -2.29. The first kappa shape index (κ1) is 21.4. The van der Waals surface area contributed by atoms with Gasteiger partial charge in [0.1, 0.15) is 4.90 Å². The normalized spacial score (nSPS) is 22.7. The molecule has 1 aliphatic rings. The van der Waals surface area contributed by atoms with E-state index in [9.17, 15) is 26.7 Å². The molecule has 13 heteroatoms. The molecule has 0 radical (unpaired) electrons. The standard InChI is InChI=1S/C13H16Cl2N2O7S2/c14-8-4-9(15)12(3-7(8)13(19)20)26(23,24)17(2-1-16)10-5-25(21,22)6-11(10)18/h3-4,10-11,18H,1-2,5-6,16H2,(H,19,20). The Morgan fingerprint density at radius 3 is 2.35 bits per heavy atom. The van der Waals surface area contributed by atoms with E-state index in [1.54, 1.807) is 0 Å². The van der Waals surface area contributed by atoms with Crippen molar-refractivity contribution >= 4 is 49.0 Å². The molecule has 4 N–H and O–H groups in total. The Bertz CT molecular complexity index is 934. The molecule has 146 valence electrons. The molecule has 2 atom stereocenters. The van der Waals surface area contributed by atoms with Gasteiger partial charge in [0.05, 0.1) is 39.3 Å². The Balaban J connectivity index is 2.59. The van der Waals surface area contributed by atoms with Crippen LogP contribution in [0.5, 0.6) is 0 Å². The lowest BCUT2D eigenvalue weighted by molar-refractivity contribution is 0.0696. The van der Waals surface area contributed by atoms with Crippen LogP contribution in [-0.2, 0) is 19.9 Å². The van der Waals surface area contributed by atoms with E-state index in [0.29, 0.717) is 0 Å². The van der Waals surface area contributed by atoms with Gasteiger partial charge >= 0.3 is 5.97 Å². The summed E-state index contributed by atoms with van der Waals surface area (Å²) in [5, 5.41) is 18.6. The average Bonchev–Trinajstić information content (AvgIpc) is 2.76. The fraction of sp³-hybridized carbons (Fsp3) is 0.462. The van der Waals surface area contributed by atoms with Crippen molar-refractivity contribution < 1.29 is 31.8 Å². The van der Waals surface area contributed by atoms with Crippen LogP contribution in [0.3, 0.4) is 0 Å². The molecular formula is C13H16Cl2N2O7S2. The highest BCUT2D eigenvalue weighted by molar-refractivity contribution is 7.92. The van der Waals surface area contributed by atoms with Gasteiger partial charge in [-0.05, 0) is 12.1 Å². The van der Waals surface area contributed by atoms with Crippen molar-refractivity contribution in [3.8, 4) is 0 Å². The molecule has 1 heterocycles. The lowest BCUT2D eigenvalue weighted by Crippen LogP contribution is -2.48. The molecule has 0 amide bonds. The molecule has 26 heavy (non-hydrogen) atoms. The summed E-state index contributed by atoms with van der Waals surface area (Å²) in [6, 6.07) is 0.511. The van der Waals surface area contributed by atoms with E-state index in [1.165, 1.54) is 0 Å². The zero-order chi connectivity index (χ0) is 19.9. The van der Waals surface area contributed by atoms with E-state index in [0.717, 1.165) is 16.4 Å². The predicted octanol–water partition coefficient (Wildman–Crippen LogP) is -0.201. The number of rotatable bonds is 6. The molecule has 0 saturated carbocycles. The molecule has 1 aromatic rings. The number of hydrogen-bond acceptors (Lipinski definition) is 7. The topological polar surface area (TPSA) is 155 Å². The van der Waals surface area contributed by atoms with Crippen LogP contribution < -0.4 is 5.73 Å². The summed E-state index contributed by atoms with van der Waals surface area (Å²) in [5.41, 5.74) is 4.96. The molecule has 1 saturated heterocycles. The molecule has 1 aromatic carbocycles. The van der Waals surface area contributed by atoms with Gasteiger partial charge in [-0.2, -0.15) is 4.31 Å². The second-order valence-corrected chi connectivity index (χ2v) is 10.5. The second-order valence-electron chi connectivity index (χ2n) is 5.68. The van der Waals surface area contributed by atoms with Crippen LogP contribution in [-0.4, -0.2) is 74.1 Å². The minimum Gasteiger partial charge on any atom is -0.478 e. The van der Waals surface area contributed by atoms with Gasteiger partial charge in [-0.25, -0.2) is 21.6 Å². The van der Waals surface area contributed by atoms with Crippen molar-refractivity contribution in [1.82, 2.24) is 4.31 Å². The molecular weight excluding hydrogens is 431 g/mol. The van der Waals surface area contributed by atoms with Crippen LogP contribution >= 0.6 is 23.2 Å². The molecule has 0 aromatic heterocycles. The lowest BCUT2D eigenvalue weighted by atomic mass is 10.2. The van der Waals surface area contributed by atoms with Crippen LogP contribution in [0, 0.1) is 0 Å². The number of sulfone groups is 1. The molecule has 0 spiro atoms. The largest absolute Gasteiger partial charge is 0.478 e. The quantitative estimate of drug-likeness (QED) is 0.542. The zero-order valence-corrected chi connectivity index (χ0v) is 16.3. The van der Waals surface area contributed by atoms with Crippen LogP contribution in [0.1, 0.15) is 10.4 Å². The maximum absolute atomic E-state index is 13.0. The first-order chi connectivity index (χ1) is 11.9. The van der Waals surface area contributed by atoms with Crippen molar-refractivity contribution in [3.63, 3.8) is 0 Å². The average molecular weight is 447 g/mol. The van der Waals surface area contributed by atoms with E-state index in [1.807, 2.05) is 0 Å². The fourth-order valence-corrected chi connectivity index (χ4v) is 7.09. The molecule has 0 bridgehead atoms. The zero-order valence-electron chi connectivity index (χ0n) is 13.2. The number of aromatic carboxylic acids is 1. The smallest absolute Gasteiger partial charge is 0.337 e. The first-order valence-corrected chi connectivity index (χ1v) is 11.2. The molecule has 1 fully saturated rings. The van der Waals surface area contributed by atoms with E-state index in [4.69, 9.17) is 34.0 Å². The van der Waals surface area contributed by atoms with Crippen molar-refractivity contribution in [2.45, 2.75) is 17.0 Å². The minimum atomic E-state index is -4.46. The molecule has 0 aliphatic carbocycles. The summed E-state index contributed by atoms with van der Waals surface area (Å²) in [4.78, 5) is 10.7. The van der Waals surface area contributed by atoms with E-state index in [2.05, 4.69) is 0 Å². The number of sulfonamides is 1. The molecule has 2 unspecified atom stereocenters. The second kappa shape index (κ2) is 7.58. The number of aliphatic hydroxyl groups excluding tert-OH is 1. The highest BCUT2D eigenvalue weighted by Gasteiger charge is 2.45. The molecule has 2 rings (SSSR count). The number of benzene rings is 1. The third-order valence-electron chi connectivity index (χ3n) is 3.85. The Kier molecular flexibility index (Phi) is 6.23. The monoisotopic (exact) mass is 446 g/mol. The van der Waals surface area contributed by atoms with Gasteiger partial charge in [-0.3, -0.25) is 0 Å². The van der Waals surface area contributed by atoms with Gasteiger partial charge < -0.3 is 15.9 Å². The third kappa shape index (κ3) is 4.14. The van der Waals surface area contributed by atoms with Gasteiger partial charge in [-0.1, -0.05) is 23.2 Å². The maximum atomic E-state index is 13.0. The van der Waals surface area contributed by atoms with Gasteiger partial charge in [0.15, 0.2) is 9.84 Å². The number of carboxylic acid groups (broad SMARTS) is 1. The van der Waals surface area contributed by atoms with Crippen molar-refractivity contribution in [2.24, 2.45) is 5.73 Å². The van der Waals surface area contributed by atoms with E-state index in [-0.39, 0.29) is 23.1 Å². The van der Waals surface area contributed by atoms with Crippen molar-refractivity contribution in [2.75, 3.05) is 24.6 Å². The Morgan fingerprint density at radius 2 is 1.88 bits per heavy atom. The maximum Gasteiger partial charge on any atom is 0.337 e. The van der Waals surface area contributed by atoms with Gasteiger partial charge in [0, 0.05) is 13.1 Å². The molecule has 1 aliphatic heterocycles. The van der Waals surface area contributed by atoms with Gasteiger partial charge in [-0.15, -0.1) is 0 Å². The number of carboxylic acids is 1. The highest BCUT2D eigenvalue weighted by atomic mass is 35.5. The number of halogens is 2. The third-order valence-corrected chi connectivity index (χ3v) is 8.25. The highest BCUT2D eigenvalue weighted by Crippen LogP contribution is 2.33. The summed E-state index contributed by atoms with van der Waals surface area (Å²) in [7, 11) is -8.09. The Morgan fingerprint density at radius 1 is 1.27 bits per heavy atom.